The Morgan fingerprint density at radius 3 is 1.25 bits per heavy atom. The third-order valence-corrected chi connectivity index (χ3v) is 1.27. The van der Waals surface area contributed by atoms with Gasteiger partial charge >= 0.3 is 18.4 Å². The van der Waals surface area contributed by atoms with E-state index in [1.54, 1.807) is 0 Å². The molecule has 0 N–H and O–H groups in total. The smallest absolute Gasteiger partial charge is 0.427 e. The molecule has 1 nitrogen and oxygen atoms in total. The van der Waals surface area contributed by atoms with Crippen molar-refractivity contribution in [1.82, 2.24) is 0 Å². The van der Waals surface area contributed by atoms with Crippen molar-refractivity contribution in [3.8, 4) is 0 Å². The Labute approximate surface area is 104 Å². The van der Waals surface area contributed by atoms with Crippen LogP contribution in [0, 0.1) is 0 Å². The lowest BCUT2D eigenvalue weighted by molar-refractivity contribution is -0.178. The lowest BCUT2D eigenvalue weighted by atomic mass is 10.3. The van der Waals surface area contributed by atoms with Gasteiger partial charge in [-0.15, -0.1) is 0 Å². The zero-order valence-corrected chi connectivity index (χ0v) is 9.27. The Balaban J connectivity index is 0. The van der Waals surface area contributed by atoms with Gasteiger partial charge in [-0.2, -0.15) is 39.5 Å². The molecule has 0 saturated carbocycles. The van der Waals surface area contributed by atoms with Gasteiger partial charge in [0.05, 0.1) is 7.11 Å². The third kappa shape index (κ3) is 7.84. The molecular formula is C8H5F11O. The number of halogens is 11. The molecule has 0 fully saturated rings. The van der Waals surface area contributed by atoms with Crippen LogP contribution in [-0.4, -0.2) is 26.1 Å². The predicted octanol–water partition coefficient (Wildman–Crippen LogP) is 4.97. The van der Waals surface area contributed by atoms with Crippen molar-refractivity contribution in [2.24, 2.45) is 0 Å². The fraction of sp³-hybridized carbons (Fsp3) is 0.500. The Kier molecular flexibility index (Phi) is 8.27. The molecule has 20 heavy (non-hydrogen) atoms. The van der Waals surface area contributed by atoms with Gasteiger partial charge in [-0.1, -0.05) is 0 Å². The summed E-state index contributed by atoms with van der Waals surface area (Å²) in [7, 11) is 0.368. The third-order valence-electron chi connectivity index (χ3n) is 1.27. The second kappa shape index (κ2) is 7.94. The van der Waals surface area contributed by atoms with E-state index < -0.39 is 42.5 Å². The van der Waals surface area contributed by atoms with Gasteiger partial charge in [-0.3, -0.25) is 0 Å². The van der Waals surface area contributed by atoms with Crippen LogP contribution in [0.15, 0.2) is 23.5 Å². The molecule has 0 saturated heterocycles. The number of rotatable bonds is 2. The highest BCUT2D eigenvalue weighted by Crippen LogP contribution is 2.40. The van der Waals surface area contributed by atoms with Gasteiger partial charge in [-0.05, 0) is 0 Å². The molecule has 0 atom stereocenters. The van der Waals surface area contributed by atoms with E-state index in [1.807, 2.05) is 0 Å². The fourth-order valence-electron chi connectivity index (χ4n) is 0.536. The van der Waals surface area contributed by atoms with Gasteiger partial charge in [0.2, 0.25) is 5.57 Å². The molecule has 120 valence electrons. The second-order valence-electron chi connectivity index (χ2n) is 2.65. The Bertz CT molecular complexity index is 342. The van der Waals surface area contributed by atoms with Crippen LogP contribution in [-0.2, 0) is 4.74 Å². The molecule has 0 amide bonds. The average Bonchev–Trinajstić information content (AvgIpc) is 2.24. The van der Waals surface area contributed by atoms with Gasteiger partial charge in [0.25, 0.3) is 6.01 Å². The van der Waals surface area contributed by atoms with E-state index >= 15 is 0 Å². The first-order chi connectivity index (χ1) is 8.78. The Morgan fingerprint density at radius 1 is 0.850 bits per heavy atom. The maximum Gasteiger partial charge on any atom is 0.427 e. The summed E-state index contributed by atoms with van der Waals surface area (Å²) in [6.07, 6.45) is -14.2. The van der Waals surface area contributed by atoms with E-state index in [0.29, 0.717) is 7.11 Å². The molecule has 0 aromatic carbocycles. The highest BCUT2D eigenvalue weighted by atomic mass is 19.4. The van der Waals surface area contributed by atoms with Gasteiger partial charge in [0.1, 0.15) is 6.67 Å². The molecule has 0 aliphatic heterocycles. The SMILES string of the molecule is COC(F)=C(C(F)(F)F)C(F)(F)F.FCC(F)=C(F)F. The van der Waals surface area contributed by atoms with Crippen LogP contribution in [0.25, 0.3) is 0 Å². The largest absolute Gasteiger partial charge is 0.474 e. The molecule has 0 aliphatic rings. The first-order valence-corrected chi connectivity index (χ1v) is 4.12. The number of ether oxygens (including phenoxy) is 1. The Hall–Kier alpha value is -1.49. The number of methoxy groups -OCH3 is 1. The average molecular weight is 326 g/mol. The highest BCUT2D eigenvalue weighted by Gasteiger charge is 2.54. The zero-order chi connectivity index (χ0) is 16.7. The number of hydrogen-bond donors (Lipinski definition) is 0. The van der Waals surface area contributed by atoms with Gasteiger partial charge < -0.3 is 4.74 Å². The minimum absolute atomic E-state index is 0.368. The minimum Gasteiger partial charge on any atom is -0.474 e. The monoisotopic (exact) mass is 326 g/mol. The van der Waals surface area contributed by atoms with Crippen molar-refractivity contribution in [3.05, 3.63) is 23.5 Å². The van der Waals surface area contributed by atoms with E-state index in [9.17, 15) is 48.3 Å². The van der Waals surface area contributed by atoms with E-state index in [1.165, 1.54) is 0 Å². The number of allylic oxidation sites excluding steroid dienone is 2. The Morgan fingerprint density at radius 2 is 1.20 bits per heavy atom. The highest BCUT2D eigenvalue weighted by molar-refractivity contribution is 5.16. The summed E-state index contributed by atoms with van der Waals surface area (Å²) in [5.41, 5.74) is -3.28. The summed E-state index contributed by atoms with van der Waals surface area (Å²) >= 11 is 0. The molecule has 0 heterocycles. The second-order valence-corrected chi connectivity index (χ2v) is 2.65. The number of alkyl halides is 7. The molecule has 0 bridgehead atoms. The summed E-state index contributed by atoms with van der Waals surface area (Å²) in [6, 6.07) is -2.69. The fourth-order valence-corrected chi connectivity index (χ4v) is 0.536. The quantitative estimate of drug-likeness (QED) is 0.514. The van der Waals surface area contributed by atoms with Crippen LogP contribution in [0.5, 0.6) is 0 Å². The lowest BCUT2D eigenvalue weighted by Crippen LogP contribution is -2.27. The van der Waals surface area contributed by atoms with Crippen LogP contribution < -0.4 is 0 Å². The van der Waals surface area contributed by atoms with E-state index in [0.717, 1.165) is 0 Å². The summed E-state index contributed by atoms with van der Waals surface area (Å²) in [5.74, 6) is -1.99. The maximum atomic E-state index is 12.0. The normalized spacial score (nSPS) is 11.2. The van der Waals surface area contributed by atoms with Crippen molar-refractivity contribution >= 4 is 0 Å². The van der Waals surface area contributed by atoms with E-state index in [-0.39, 0.29) is 0 Å². The van der Waals surface area contributed by atoms with Crippen molar-refractivity contribution in [2.75, 3.05) is 13.8 Å². The summed E-state index contributed by atoms with van der Waals surface area (Å²) in [6.45, 7) is -1.72. The topological polar surface area (TPSA) is 9.23 Å². The molecule has 0 rings (SSSR count). The van der Waals surface area contributed by atoms with Crippen LogP contribution >= 0.6 is 0 Å². The first-order valence-electron chi connectivity index (χ1n) is 4.12. The van der Waals surface area contributed by atoms with Crippen LogP contribution in [0.3, 0.4) is 0 Å². The van der Waals surface area contributed by atoms with Gasteiger partial charge in [0.15, 0.2) is 5.83 Å². The molecule has 0 aliphatic carbocycles. The minimum atomic E-state index is -5.82. The summed E-state index contributed by atoms with van der Waals surface area (Å²) < 4.78 is 128. The van der Waals surface area contributed by atoms with Crippen molar-refractivity contribution in [2.45, 2.75) is 12.4 Å². The predicted molar refractivity (Wildman–Crippen MR) is 43.6 cm³/mol. The van der Waals surface area contributed by atoms with Gasteiger partial charge in [-0.25, -0.2) is 8.78 Å². The standard InChI is InChI=1S/C5H3F7O.C3H2F4/c1-13-3(6)2(4(7,8)9)5(10,11)12;4-1-2(5)3(6)7/h1H3;1H2. The van der Waals surface area contributed by atoms with E-state index in [4.69, 9.17) is 0 Å². The first kappa shape index (κ1) is 20.8. The van der Waals surface area contributed by atoms with Crippen LogP contribution in [0.2, 0.25) is 0 Å². The molecule has 12 heteroatoms. The molecule has 0 unspecified atom stereocenters. The molecule has 0 aromatic heterocycles. The maximum absolute atomic E-state index is 12.0. The van der Waals surface area contributed by atoms with Crippen molar-refractivity contribution in [3.63, 3.8) is 0 Å². The molecular weight excluding hydrogens is 321 g/mol. The zero-order valence-electron chi connectivity index (χ0n) is 9.27. The molecule has 0 aromatic rings. The number of hydrogen-bond acceptors (Lipinski definition) is 1. The lowest BCUT2D eigenvalue weighted by Gasteiger charge is -2.14. The van der Waals surface area contributed by atoms with Crippen molar-refractivity contribution < 1.29 is 53.0 Å². The van der Waals surface area contributed by atoms with E-state index in [2.05, 4.69) is 4.74 Å². The van der Waals surface area contributed by atoms with Crippen LogP contribution in [0.4, 0.5) is 48.3 Å². The van der Waals surface area contributed by atoms with Crippen LogP contribution in [0.1, 0.15) is 0 Å². The summed E-state index contributed by atoms with van der Waals surface area (Å²) in [4.78, 5) is 0. The molecule has 0 radical (unpaired) electrons. The molecule has 0 spiro atoms. The summed E-state index contributed by atoms with van der Waals surface area (Å²) in [5, 5.41) is 0. The van der Waals surface area contributed by atoms with Crippen molar-refractivity contribution in [1.29, 1.82) is 0 Å². The van der Waals surface area contributed by atoms with Gasteiger partial charge in [0, 0.05) is 0 Å².